The predicted molar refractivity (Wildman–Crippen MR) is 75.9 cm³/mol. The minimum Gasteiger partial charge on any atom is -0.495 e. The second-order valence-electron chi connectivity index (χ2n) is 3.69. The lowest BCUT2D eigenvalue weighted by Gasteiger charge is -2.10. The Balaban J connectivity index is 3.01. The van der Waals surface area contributed by atoms with E-state index in [1.165, 1.54) is 14.0 Å². The zero-order chi connectivity index (χ0) is 15.1. The first-order valence-electron chi connectivity index (χ1n) is 5.51. The van der Waals surface area contributed by atoms with Crippen molar-refractivity contribution in [3.05, 3.63) is 18.2 Å². The Morgan fingerprint density at radius 3 is 2.75 bits per heavy atom. The summed E-state index contributed by atoms with van der Waals surface area (Å²) in [4.78, 5) is 11.1. The van der Waals surface area contributed by atoms with E-state index in [4.69, 9.17) is 21.1 Å². The highest BCUT2D eigenvalue weighted by Crippen LogP contribution is 2.27. The number of hydrogen-bond acceptors (Lipinski definition) is 6. The second-order valence-corrected chi connectivity index (χ2v) is 3.69. The van der Waals surface area contributed by atoms with Gasteiger partial charge in [0.2, 0.25) is 11.6 Å². The normalized spacial score (nSPS) is 10.3. The first-order chi connectivity index (χ1) is 9.47. The lowest BCUT2D eigenvalue weighted by molar-refractivity contribution is -0.114. The number of nitriles is 1. The molecular formula is C12H14N6O2. The summed E-state index contributed by atoms with van der Waals surface area (Å²) < 4.78 is 5.10. The zero-order valence-electron chi connectivity index (χ0n) is 11.0. The summed E-state index contributed by atoms with van der Waals surface area (Å²) in [7, 11) is 1.48. The fourth-order valence-electron chi connectivity index (χ4n) is 1.33. The van der Waals surface area contributed by atoms with Gasteiger partial charge < -0.3 is 15.8 Å². The standard InChI is InChI=1S/C12H14N6O2/c1-7(19)16-9-5-8(3-4-11(9)20-2)17-18-10(6-13)12(14)15/h3-5,17H,1-2H3,(H3,14,15)(H,16,19)/b18-10+. The summed E-state index contributed by atoms with van der Waals surface area (Å²) >= 11 is 0. The van der Waals surface area contributed by atoms with Crippen LogP contribution < -0.4 is 21.2 Å². The van der Waals surface area contributed by atoms with Crippen LogP contribution in [-0.2, 0) is 4.79 Å². The lowest BCUT2D eigenvalue weighted by Crippen LogP contribution is -2.21. The molecule has 8 heteroatoms. The fraction of sp³-hybridized carbons (Fsp3) is 0.167. The number of carbonyl (C=O) groups is 1. The number of amides is 1. The van der Waals surface area contributed by atoms with E-state index in [1.54, 1.807) is 24.3 Å². The summed E-state index contributed by atoms with van der Waals surface area (Å²) in [5.41, 5.74) is 8.47. The molecule has 20 heavy (non-hydrogen) atoms. The number of nitrogens with two attached hydrogens (primary N) is 1. The molecule has 1 amide bonds. The molecular weight excluding hydrogens is 260 g/mol. The van der Waals surface area contributed by atoms with Crippen LogP contribution >= 0.6 is 0 Å². The van der Waals surface area contributed by atoms with Crippen molar-refractivity contribution >= 4 is 28.8 Å². The van der Waals surface area contributed by atoms with Crippen LogP contribution in [0.4, 0.5) is 11.4 Å². The van der Waals surface area contributed by atoms with Gasteiger partial charge >= 0.3 is 0 Å². The number of rotatable bonds is 5. The predicted octanol–water partition coefficient (Wildman–Crippen LogP) is 0.881. The van der Waals surface area contributed by atoms with Crippen LogP contribution in [0.2, 0.25) is 0 Å². The van der Waals surface area contributed by atoms with Crippen LogP contribution in [0.5, 0.6) is 5.75 Å². The number of methoxy groups -OCH3 is 1. The summed E-state index contributed by atoms with van der Waals surface area (Å²) in [6, 6.07) is 6.54. The minimum atomic E-state index is -0.435. The zero-order valence-corrected chi connectivity index (χ0v) is 11.0. The molecule has 0 radical (unpaired) electrons. The molecule has 0 fully saturated rings. The first-order valence-corrected chi connectivity index (χ1v) is 5.51. The van der Waals surface area contributed by atoms with Crippen LogP contribution in [0.15, 0.2) is 23.3 Å². The number of hydrazone groups is 1. The maximum Gasteiger partial charge on any atom is 0.221 e. The van der Waals surface area contributed by atoms with Crippen molar-refractivity contribution in [1.29, 1.82) is 10.7 Å². The highest BCUT2D eigenvalue weighted by molar-refractivity contribution is 6.45. The molecule has 0 aliphatic heterocycles. The van der Waals surface area contributed by atoms with Gasteiger partial charge in [-0.3, -0.25) is 15.6 Å². The largest absolute Gasteiger partial charge is 0.495 e. The number of hydrogen-bond donors (Lipinski definition) is 4. The van der Waals surface area contributed by atoms with Gasteiger partial charge in [-0.15, -0.1) is 0 Å². The van der Waals surface area contributed by atoms with Crippen molar-refractivity contribution in [3.8, 4) is 11.8 Å². The number of carbonyl (C=O) groups excluding carboxylic acids is 1. The minimum absolute atomic E-state index is 0.234. The van der Waals surface area contributed by atoms with Crippen molar-refractivity contribution in [3.63, 3.8) is 0 Å². The Bertz CT molecular complexity index is 602. The quantitative estimate of drug-likeness (QED) is 0.359. The van der Waals surface area contributed by atoms with Crippen molar-refractivity contribution in [2.45, 2.75) is 6.92 Å². The molecule has 0 aliphatic carbocycles. The third kappa shape index (κ3) is 3.99. The highest BCUT2D eigenvalue weighted by Gasteiger charge is 2.06. The number of amidine groups is 1. The number of nitrogens with one attached hydrogen (secondary N) is 3. The summed E-state index contributed by atoms with van der Waals surface area (Å²) in [5, 5.41) is 22.1. The molecule has 5 N–H and O–H groups in total. The molecule has 1 aromatic rings. The Kier molecular flexibility index (Phi) is 5.05. The van der Waals surface area contributed by atoms with Crippen LogP contribution in [0.1, 0.15) is 6.92 Å². The molecule has 0 saturated heterocycles. The van der Waals surface area contributed by atoms with Gasteiger partial charge in [-0.25, -0.2) is 0 Å². The summed E-state index contributed by atoms with van der Waals surface area (Å²) in [6.07, 6.45) is 0. The Hall–Kier alpha value is -3.08. The van der Waals surface area contributed by atoms with Crippen molar-refractivity contribution in [1.82, 2.24) is 0 Å². The lowest BCUT2D eigenvalue weighted by atomic mass is 10.2. The summed E-state index contributed by atoms with van der Waals surface area (Å²) in [5.74, 6) is -0.192. The van der Waals surface area contributed by atoms with E-state index in [-0.39, 0.29) is 11.6 Å². The van der Waals surface area contributed by atoms with E-state index < -0.39 is 5.84 Å². The van der Waals surface area contributed by atoms with Crippen molar-refractivity contribution < 1.29 is 9.53 Å². The van der Waals surface area contributed by atoms with Gasteiger partial charge in [0.1, 0.15) is 11.8 Å². The number of nitrogens with zero attached hydrogens (tertiary/aromatic N) is 2. The van der Waals surface area contributed by atoms with Gasteiger partial charge in [0.15, 0.2) is 5.84 Å². The van der Waals surface area contributed by atoms with E-state index in [0.717, 1.165) is 0 Å². The average Bonchev–Trinajstić information content (AvgIpc) is 2.38. The van der Waals surface area contributed by atoms with E-state index in [0.29, 0.717) is 17.1 Å². The molecule has 0 spiro atoms. The van der Waals surface area contributed by atoms with Crippen LogP contribution in [0.25, 0.3) is 0 Å². The molecule has 8 nitrogen and oxygen atoms in total. The third-order valence-corrected chi connectivity index (χ3v) is 2.17. The maximum atomic E-state index is 11.1. The molecule has 0 unspecified atom stereocenters. The fourth-order valence-corrected chi connectivity index (χ4v) is 1.33. The molecule has 1 rings (SSSR count). The van der Waals surface area contributed by atoms with Gasteiger partial charge in [-0.1, -0.05) is 0 Å². The summed E-state index contributed by atoms with van der Waals surface area (Å²) in [6.45, 7) is 1.38. The number of benzene rings is 1. The second kappa shape index (κ2) is 6.75. The van der Waals surface area contributed by atoms with Crippen LogP contribution in [-0.4, -0.2) is 24.6 Å². The molecule has 104 valence electrons. The maximum absolute atomic E-state index is 11.1. The topological polar surface area (TPSA) is 136 Å². The van der Waals surface area contributed by atoms with Crippen molar-refractivity contribution in [2.24, 2.45) is 10.8 Å². The van der Waals surface area contributed by atoms with Crippen LogP contribution in [0, 0.1) is 16.7 Å². The van der Waals surface area contributed by atoms with Gasteiger partial charge in [0.05, 0.1) is 18.5 Å². The molecule has 0 heterocycles. The van der Waals surface area contributed by atoms with Gasteiger partial charge in [0.25, 0.3) is 0 Å². The third-order valence-electron chi connectivity index (χ3n) is 2.17. The molecule has 1 aromatic carbocycles. The number of ether oxygens (including phenoxy) is 1. The number of anilines is 2. The Morgan fingerprint density at radius 1 is 1.55 bits per heavy atom. The average molecular weight is 274 g/mol. The van der Waals surface area contributed by atoms with Crippen LogP contribution in [0.3, 0.4) is 0 Å². The Morgan fingerprint density at radius 2 is 2.25 bits per heavy atom. The SMILES string of the molecule is COc1ccc(N/N=C(\C#N)C(=N)N)cc1NC(C)=O. The van der Waals surface area contributed by atoms with Crippen molar-refractivity contribution in [2.75, 3.05) is 17.9 Å². The van der Waals surface area contributed by atoms with E-state index in [1.807, 2.05) is 0 Å². The molecule has 0 aliphatic rings. The monoisotopic (exact) mass is 274 g/mol. The smallest absolute Gasteiger partial charge is 0.221 e. The Labute approximate surface area is 115 Å². The highest BCUT2D eigenvalue weighted by atomic mass is 16.5. The molecule has 0 atom stereocenters. The van der Waals surface area contributed by atoms with E-state index in [2.05, 4.69) is 15.8 Å². The molecule has 0 bridgehead atoms. The van der Waals surface area contributed by atoms with E-state index >= 15 is 0 Å². The molecule has 0 aromatic heterocycles. The van der Waals surface area contributed by atoms with Gasteiger partial charge in [-0.2, -0.15) is 10.4 Å². The van der Waals surface area contributed by atoms with Gasteiger partial charge in [-0.05, 0) is 18.2 Å². The van der Waals surface area contributed by atoms with E-state index in [9.17, 15) is 4.79 Å². The first kappa shape index (κ1) is 15.0. The van der Waals surface area contributed by atoms with Gasteiger partial charge in [0, 0.05) is 6.92 Å². The molecule has 0 saturated carbocycles.